The van der Waals surface area contributed by atoms with Crippen molar-refractivity contribution in [2.24, 2.45) is 5.92 Å². The second-order valence-corrected chi connectivity index (χ2v) is 7.80. The highest BCUT2D eigenvalue weighted by Gasteiger charge is 2.36. The fourth-order valence-corrected chi connectivity index (χ4v) is 4.20. The lowest BCUT2D eigenvalue weighted by Gasteiger charge is -2.28. The molecule has 1 fully saturated rings. The van der Waals surface area contributed by atoms with Crippen LogP contribution in [0.5, 0.6) is 11.5 Å². The number of methoxy groups -OCH3 is 2. The van der Waals surface area contributed by atoms with Gasteiger partial charge >= 0.3 is 0 Å². The van der Waals surface area contributed by atoms with Crippen LogP contribution in [0.1, 0.15) is 18.4 Å². The van der Waals surface area contributed by atoms with Crippen LogP contribution in [-0.2, 0) is 16.0 Å². The summed E-state index contributed by atoms with van der Waals surface area (Å²) < 4.78 is 10.6. The molecule has 7 heteroatoms. The van der Waals surface area contributed by atoms with Crippen molar-refractivity contribution >= 4 is 28.9 Å². The van der Waals surface area contributed by atoms with Gasteiger partial charge < -0.3 is 24.6 Å². The van der Waals surface area contributed by atoms with Crippen molar-refractivity contribution in [2.75, 3.05) is 49.5 Å². The molecule has 0 aliphatic carbocycles. The Morgan fingerprint density at radius 3 is 2.70 bits per heavy atom. The molecule has 1 atom stereocenters. The van der Waals surface area contributed by atoms with Gasteiger partial charge in [0.05, 0.1) is 25.8 Å². The van der Waals surface area contributed by atoms with Crippen LogP contribution in [0, 0.1) is 5.92 Å². The standard InChI is InChI=1S/C23H27N3O4/c1-25-10-4-5-15-6-7-17(12-20(15)25)24-23(28)16-11-22(27)26(14-16)19-9-8-18(29-2)13-21(19)30-3/h6-9,12-13,16H,4-5,10-11,14H2,1-3H3,(H,24,28). The maximum absolute atomic E-state index is 12.9. The number of fused-ring (bicyclic) bond motifs is 1. The Kier molecular flexibility index (Phi) is 5.53. The zero-order valence-corrected chi connectivity index (χ0v) is 17.6. The lowest BCUT2D eigenvalue weighted by molar-refractivity contribution is -0.122. The quantitative estimate of drug-likeness (QED) is 0.822. The number of ether oxygens (including phenoxy) is 2. The number of nitrogens with zero attached hydrogens (tertiary/aromatic N) is 2. The van der Waals surface area contributed by atoms with Crippen molar-refractivity contribution in [1.82, 2.24) is 0 Å². The number of carbonyl (C=O) groups excluding carboxylic acids is 2. The van der Waals surface area contributed by atoms with Crippen molar-refractivity contribution in [3.63, 3.8) is 0 Å². The zero-order valence-electron chi connectivity index (χ0n) is 17.6. The van der Waals surface area contributed by atoms with Crippen LogP contribution in [0.2, 0.25) is 0 Å². The lowest BCUT2D eigenvalue weighted by Crippen LogP contribution is -2.28. The van der Waals surface area contributed by atoms with E-state index in [2.05, 4.69) is 23.3 Å². The van der Waals surface area contributed by atoms with Crippen LogP contribution < -0.4 is 24.6 Å². The molecule has 30 heavy (non-hydrogen) atoms. The van der Waals surface area contributed by atoms with E-state index in [0.717, 1.165) is 30.8 Å². The predicted octanol–water partition coefficient (Wildman–Crippen LogP) is 3.08. The average molecular weight is 409 g/mol. The van der Waals surface area contributed by atoms with Gasteiger partial charge in [0.25, 0.3) is 0 Å². The summed E-state index contributed by atoms with van der Waals surface area (Å²) >= 11 is 0. The second kappa shape index (κ2) is 8.26. The van der Waals surface area contributed by atoms with Gasteiger partial charge in [0.1, 0.15) is 11.5 Å². The van der Waals surface area contributed by atoms with Crippen LogP contribution in [0.25, 0.3) is 0 Å². The molecule has 2 heterocycles. The van der Waals surface area contributed by atoms with Crippen LogP contribution >= 0.6 is 0 Å². The molecule has 1 N–H and O–H groups in total. The molecule has 0 spiro atoms. The number of hydrogen-bond donors (Lipinski definition) is 1. The Bertz CT molecular complexity index is 975. The number of benzene rings is 2. The first kappa shape index (κ1) is 20.1. The average Bonchev–Trinajstić information content (AvgIpc) is 3.15. The highest BCUT2D eigenvalue weighted by atomic mass is 16.5. The van der Waals surface area contributed by atoms with E-state index in [1.165, 1.54) is 5.56 Å². The number of carbonyl (C=O) groups is 2. The third kappa shape index (κ3) is 3.79. The van der Waals surface area contributed by atoms with Gasteiger partial charge in [-0.05, 0) is 42.7 Å². The highest BCUT2D eigenvalue weighted by molar-refractivity contribution is 6.04. The van der Waals surface area contributed by atoms with Crippen LogP contribution in [0.15, 0.2) is 36.4 Å². The molecule has 0 saturated carbocycles. The molecule has 0 aromatic heterocycles. The minimum atomic E-state index is -0.418. The molecule has 0 bridgehead atoms. The van der Waals surface area contributed by atoms with E-state index in [1.54, 1.807) is 37.3 Å². The number of nitrogens with one attached hydrogen (secondary N) is 1. The topological polar surface area (TPSA) is 71.1 Å². The highest BCUT2D eigenvalue weighted by Crippen LogP contribution is 2.36. The molecule has 2 aromatic carbocycles. The number of hydrogen-bond acceptors (Lipinski definition) is 5. The Labute approximate surface area is 176 Å². The van der Waals surface area contributed by atoms with Gasteiger partial charge in [-0.3, -0.25) is 9.59 Å². The maximum Gasteiger partial charge on any atom is 0.229 e. The minimum absolute atomic E-state index is 0.0937. The Morgan fingerprint density at radius 1 is 1.10 bits per heavy atom. The van der Waals surface area contributed by atoms with Crippen molar-refractivity contribution in [1.29, 1.82) is 0 Å². The number of rotatable bonds is 5. The first-order chi connectivity index (χ1) is 14.5. The van der Waals surface area contributed by atoms with Gasteiger partial charge in [0.15, 0.2) is 0 Å². The zero-order chi connectivity index (χ0) is 21.3. The van der Waals surface area contributed by atoms with Crippen molar-refractivity contribution in [2.45, 2.75) is 19.3 Å². The second-order valence-electron chi connectivity index (χ2n) is 7.80. The van der Waals surface area contributed by atoms with E-state index >= 15 is 0 Å². The van der Waals surface area contributed by atoms with Crippen molar-refractivity contribution < 1.29 is 19.1 Å². The molecule has 2 aromatic rings. The SMILES string of the molecule is COc1ccc(N2CC(C(=O)Nc3ccc4c(c3)N(C)CCC4)CC2=O)c(OC)c1. The van der Waals surface area contributed by atoms with Gasteiger partial charge in [-0.1, -0.05) is 6.07 Å². The molecule has 4 rings (SSSR count). The predicted molar refractivity (Wildman–Crippen MR) is 117 cm³/mol. The minimum Gasteiger partial charge on any atom is -0.497 e. The molecule has 1 unspecified atom stereocenters. The fraction of sp³-hybridized carbons (Fsp3) is 0.391. The van der Waals surface area contributed by atoms with Gasteiger partial charge in [0, 0.05) is 44.0 Å². The first-order valence-corrected chi connectivity index (χ1v) is 10.2. The molecule has 2 amide bonds. The maximum atomic E-state index is 12.9. The van der Waals surface area contributed by atoms with Gasteiger partial charge in [-0.25, -0.2) is 0 Å². The van der Waals surface area contributed by atoms with Crippen LogP contribution in [0.4, 0.5) is 17.1 Å². The lowest BCUT2D eigenvalue weighted by atomic mass is 10.0. The molecular formula is C23H27N3O4. The van der Waals surface area contributed by atoms with Crippen molar-refractivity contribution in [3.8, 4) is 11.5 Å². The van der Waals surface area contributed by atoms with E-state index in [0.29, 0.717) is 23.7 Å². The summed E-state index contributed by atoms with van der Waals surface area (Å²) in [7, 11) is 5.20. The van der Waals surface area contributed by atoms with E-state index in [-0.39, 0.29) is 18.2 Å². The molecule has 7 nitrogen and oxygen atoms in total. The van der Waals surface area contributed by atoms with Crippen LogP contribution in [-0.4, -0.2) is 46.2 Å². The molecule has 2 aliphatic heterocycles. The summed E-state index contributed by atoms with van der Waals surface area (Å²) in [6, 6.07) is 11.3. The van der Waals surface area contributed by atoms with Crippen molar-refractivity contribution in [3.05, 3.63) is 42.0 Å². The Morgan fingerprint density at radius 2 is 1.93 bits per heavy atom. The Balaban J connectivity index is 1.48. The summed E-state index contributed by atoms with van der Waals surface area (Å²) in [5, 5.41) is 3.00. The largest absolute Gasteiger partial charge is 0.497 e. The Hall–Kier alpha value is -3.22. The van der Waals surface area contributed by atoms with Crippen LogP contribution in [0.3, 0.4) is 0 Å². The summed E-state index contributed by atoms with van der Waals surface area (Å²) in [4.78, 5) is 29.4. The van der Waals surface area contributed by atoms with E-state index in [4.69, 9.17) is 9.47 Å². The van der Waals surface area contributed by atoms with Gasteiger partial charge in [-0.15, -0.1) is 0 Å². The summed E-state index contributed by atoms with van der Waals surface area (Å²) in [5.74, 6) is 0.536. The van der Waals surface area contributed by atoms with E-state index in [1.807, 2.05) is 12.1 Å². The third-order valence-corrected chi connectivity index (χ3v) is 5.88. The summed E-state index contributed by atoms with van der Waals surface area (Å²) in [6.45, 7) is 1.33. The molecule has 1 saturated heterocycles. The number of anilines is 3. The molecular weight excluding hydrogens is 382 g/mol. The van der Waals surface area contributed by atoms with Gasteiger partial charge in [0.2, 0.25) is 11.8 Å². The molecule has 2 aliphatic rings. The molecule has 0 radical (unpaired) electrons. The third-order valence-electron chi connectivity index (χ3n) is 5.88. The fourth-order valence-electron chi connectivity index (χ4n) is 4.20. The smallest absolute Gasteiger partial charge is 0.229 e. The normalized spacial score (nSPS) is 18.2. The first-order valence-electron chi connectivity index (χ1n) is 10.2. The van der Waals surface area contributed by atoms with E-state index < -0.39 is 5.92 Å². The summed E-state index contributed by atoms with van der Waals surface area (Å²) in [5.41, 5.74) is 3.87. The van der Waals surface area contributed by atoms with E-state index in [9.17, 15) is 9.59 Å². The van der Waals surface area contributed by atoms with Gasteiger partial charge in [-0.2, -0.15) is 0 Å². The number of amides is 2. The monoisotopic (exact) mass is 409 g/mol. The molecule has 158 valence electrons. The number of aryl methyl sites for hydroxylation is 1. The summed E-state index contributed by atoms with van der Waals surface area (Å²) in [6.07, 6.45) is 2.37.